The molecule has 0 fully saturated rings. The van der Waals surface area contributed by atoms with Gasteiger partial charge in [-0.25, -0.2) is 0 Å². The number of aromatic nitrogens is 2. The van der Waals surface area contributed by atoms with E-state index in [0.717, 1.165) is 19.0 Å². The molecule has 0 aliphatic carbocycles. The molecule has 1 rings (SSSR count). The molecule has 1 N–H and O–H groups in total. The molecule has 0 aromatic carbocycles. The van der Waals surface area contributed by atoms with Crippen LogP contribution in [-0.4, -0.2) is 16.3 Å². The second-order valence-corrected chi connectivity index (χ2v) is 5.30. The summed E-state index contributed by atoms with van der Waals surface area (Å²) in [7, 11) is 1.96. The van der Waals surface area contributed by atoms with Crippen LogP contribution in [0.1, 0.15) is 51.5 Å². The fourth-order valence-electron chi connectivity index (χ4n) is 1.95. The zero-order valence-corrected chi connectivity index (χ0v) is 11.6. The van der Waals surface area contributed by atoms with Gasteiger partial charge in [0.2, 0.25) is 0 Å². The van der Waals surface area contributed by atoms with Gasteiger partial charge < -0.3 is 5.32 Å². The van der Waals surface area contributed by atoms with Crippen molar-refractivity contribution in [1.29, 1.82) is 0 Å². The standard InChI is InChI=1S/C14H27N3/c1-13(2)8-6-4-5-7-9-15-10-14-11-16-17(3)12-14/h11-13,15H,4-10H2,1-3H3. The van der Waals surface area contributed by atoms with Crippen LogP contribution in [0.3, 0.4) is 0 Å². The number of aryl methyl sites for hydroxylation is 1. The van der Waals surface area contributed by atoms with Crippen molar-refractivity contribution in [3.05, 3.63) is 18.0 Å². The number of hydrogen-bond acceptors (Lipinski definition) is 2. The highest BCUT2D eigenvalue weighted by Crippen LogP contribution is 2.09. The van der Waals surface area contributed by atoms with Gasteiger partial charge in [-0.05, 0) is 18.9 Å². The first-order valence-corrected chi connectivity index (χ1v) is 6.86. The zero-order valence-electron chi connectivity index (χ0n) is 11.6. The molecule has 0 aliphatic heterocycles. The number of rotatable bonds is 9. The maximum Gasteiger partial charge on any atom is 0.0534 e. The molecule has 0 radical (unpaired) electrons. The molecule has 3 nitrogen and oxygen atoms in total. The Morgan fingerprint density at radius 1 is 1.24 bits per heavy atom. The van der Waals surface area contributed by atoms with Gasteiger partial charge in [0.1, 0.15) is 0 Å². The Hall–Kier alpha value is -0.830. The monoisotopic (exact) mass is 237 g/mol. The van der Waals surface area contributed by atoms with E-state index in [1.54, 1.807) is 0 Å². The maximum atomic E-state index is 4.15. The Morgan fingerprint density at radius 2 is 2.00 bits per heavy atom. The van der Waals surface area contributed by atoms with Crippen molar-refractivity contribution in [3.8, 4) is 0 Å². The summed E-state index contributed by atoms with van der Waals surface area (Å²) >= 11 is 0. The molecule has 0 amide bonds. The van der Waals surface area contributed by atoms with Crippen LogP contribution in [0.2, 0.25) is 0 Å². The molecule has 0 spiro atoms. The van der Waals surface area contributed by atoms with Crippen LogP contribution in [-0.2, 0) is 13.6 Å². The summed E-state index contributed by atoms with van der Waals surface area (Å²) in [6, 6.07) is 0. The lowest BCUT2D eigenvalue weighted by atomic mass is 10.0. The van der Waals surface area contributed by atoms with Crippen LogP contribution in [0.5, 0.6) is 0 Å². The minimum absolute atomic E-state index is 0.860. The summed E-state index contributed by atoms with van der Waals surface area (Å²) in [6.07, 6.45) is 10.8. The fourth-order valence-corrected chi connectivity index (χ4v) is 1.95. The van der Waals surface area contributed by atoms with Crippen molar-refractivity contribution in [2.45, 2.75) is 52.5 Å². The van der Waals surface area contributed by atoms with Crippen molar-refractivity contribution < 1.29 is 0 Å². The highest BCUT2D eigenvalue weighted by molar-refractivity contribution is 5.02. The molecule has 17 heavy (non-hydrogen) atoms. The average Bonchev–Trinajstić information content (AvgIpc) is 2.68. The third-order valence-electron chi connectivity index (χ3n) is 2.97. The third-order valence-corrected chi connectivity index (χ3v) is 2.97. The van der Waals surface area contributed by atoms with E-state index in [4.69, 9.17) is 0 Å². The van der Waals surface area contributed by atoms with Gasteiger partial charge in [-0.3, -0.25) is 4.68 Å². The maximum absolute atomic E-state index is 4.15. The molecule has 0 saturated carbocycles. The molecule has 98 valence electrons. The van der Waals surface area contributed by atoms with Crippen molar-refractivity contribution in [1.82, 2.24) is 15.1 Å². The largest absolute Gasteiger partial charge is 0.313 e. The molecule has 0 aliphatic rings. The quantitative estimate of drug-likeness (QED) is 0.669. The van der Waals surface area contributed by atoms with Crippen molar-refractivity contribution in [3.63, 3.8) is 0 Å². The predicted molar refractivity (Wildman–Crippen MR) is 72.8 cm³/mol. The SMILES string of the molecule is CC(C)CCCCCCNCc1cnn(C)c1. The average molecular weight is 237 g/mol. The Balaban J connectivity index is 1.88. The molecule has 0 unspecified atom stereocenters. The van der Waals surface area contributed by atoms with E-state index >= 15 is 0 Å². The second-order valence-electron chi connectivity index (χ2n) is 5.30. The Bertz CT molecular complexity index is 291. The van der Waals surface area contributed by atoms with Gasteiger partial charge in [0.15, 0.2) is 0 Å². The molecule has 0 atom stereocenters. The van der Waals surface area contributed by atoms with Crippen LogP contribution in [0.4, 0.5) is 0 Å². The van der Waals surface area contributed by atoms with E-state index in [-0.39, 0.29) is 0 Å². The summed E-state index contributed by atoms with van der Waals surface area (Å²) < 4.78 is 1.85. The molecule has 1 aromatic rings. The van der Waals surface area contributed by atoms with Gasteiger partial charge in [-0.2, -0.15) is 5.10 Å². The summed E-state index contributed by atoms with van der Waals surface area (Å²) in [6.45, 7) is 6.67. The summed E-state index contributed by atoms with van der Waals surface area (Å²) in [5.41, 5.74) is 1.27. The van der Waals surface area contributed by atoms with Gasteiger partial charge in [0.05, 0.1) is 6.20 Å². The first-order valence-electron chi connectivity index (χ1n) is 6.86. The summed E-state index contributed by atoms with van der Waals surface area (Å²) in [5.74, 6) is 0.860. The van der Waals surface area contributed by atoms with Crippen LogP contribution in [0.25, 0.3) is 0 Å². The first kappa shape index (κ1) is 14.2. The summed E-state index contributed by atoms with van der Waals surface area (Å²) in [5, 5.41) is 7.61. The highest BCUT2D eigenvalue weighted by Gasteiger charge is 1.96. The van der Waals surface area contributed by atoms with Gasteiger partial charge in [-0.1, -0.05) is 39.5 Å². The molecule has 0 saturated heterocycles. The summed E-state index contributed by atoms with van der Waals surface area (Å²) in [4.78, 5) is 0. The van der Waals surface area contributed by atoms with E-state index in [0.29, 0.717) is 0 Å². The van der Waals surface area contributed by atoms with Crippen LogP contribution in [0.15, 0.2) is 12.4 Å². The lowest BCUT2D eigenvalue weighted by Gasteiger charge is -2.05. The Labute approximate surface area is 106 Å². The zero-order chi connectivity index (χ0) is 12.5. The number of nitrogens with zero attached hydrogens (tertiary/aromatic N) is 2. The third kappa shape index (κ3) is 7.16. The first-order chi connectivity index (χ1) is 8.18. The van der Waals surface area contributed by atoms with Crippen LogP contribution >= 0.6 is 0 Å². The molecule has 1 aromatic heterocycles. The minimum Gasteiger partial charge on any atom is -0.313 e. The predicted octanol–water partition coefficient (Wildman–Crippen LogP) is 3.12. The second kappa shape index (κ2) is 8.29. The van der Waals surface area contributed by atoms with E-state index < -0.39 is 0 Å². The molecule has 1 heterocycles. The smallest absolute Gasteiger partial charge is 0.0534 e. The molecule has 3 heteroatoms. The van der Waals surface area contributed by atoms with E-state index in [2.05, 4.69) is 30.5 Å². The van der Waals surface area contributed by atoms with Gasteiger partial charge in [0.25, 0.3) is 0 Å². The van der Waals surface area contributed by atoms with Crippen LogP contribution in [0, 0.1) is 5.92 Å². The molecule has 0 bridgehead atoms. The van der Waals surface area contributed by atoms with Gasteiger partial charge >= 0.3 is 0 Å². The number of hydrogen-bond donors (Lipinski definition) is 1. The lowest BCUT2D eigenvalue weighted by molar-refractivity contribution is 0.512. The Morgan fingerprint density at radius 3 is 2.65 bits per heavy atom. The Kier molecular flexibility index (Phi) is 6.94. The normalized spacial score (nSPS) is 11.3. The van der Waals surface area contributed by atoms with Crippen molar-refractivity contribution in [2.24, 2.45) is 13.0 Å². The van der Waals surface area contributed by atoms with E-state index in [1.807, 2.05) is 17.9 Å². The van der Waals surface area contributed by atoms with E-state index in [1.165, 1.54) is 37.7 Å². The lowest BCUT2D eigenvalue weighted by Crippen LogP contribution is -2.14. The van der Waals surface area contributed by atoms with Gasteiger partial charge in [0, 0.05) is 25.4 Å². The van der Waals surface area contributed by atoms with Crippen LogP contribution < -0.4 is 5.32 Å². The highest BCUT2D eigenvalue weighted by atomic mass is 15.2. The number of nitrogens with one attached hydrogen (secondary N) is 1. The van der Waals surface area contributed by atoms with Crippen molar-refractivity contribution in [2.75, 3.05) is 6.54 Å². The minimum atomic E-state index is 0.860. The molecular formula is C14H27N3. The van der Waals surface area contributed by atoms with Gasteiger partial charge in [-0.15, -0.1) is 0 Å². The topological polar surface area (TPSA) is 29.9 Å². The fraction of sp³-hybridized carbons (Fsp3) is 0.786. The van der Waals surface area contributed by atoms with E-state index in [9.17, 15) is 0 Å². The number of unbranched alkanes of at least 4 members (excludes halogenated alkanes) is 3. The van der Waals surface area contributed by atoms with Crippen molar-refractivity contribution >= 4 is 0 Å². The molecular weight excluding hydrogens is 210 g/mol.